The summed E-state index contributed by atoms with van der Waals surface area (Å²) in [6, 6.07) is 9.85. The van der Waals surface area contributed by atoms with Crippen molar-refractivity contribution in [3.8, 4) is 5.69 Å². The van der Waals surface area contributed by atoms with Crippen LogP contribution in [-0.2, 0) is 5.54 Å². The minimum atomic E-state index is -0.300. The zero-order chi connectivity index (χ0) is 20.9. The minimum absolute atomic E-state index is 0.193. The molecule has 0 aliphatic heterocycles. The Labute approximate surface area is 172 Å². The molecule has 0 unspecified atom stereocenters. The average Bonchev–Trinajstić information content (AvgIpc) is 3.30. The Hall–Kier alpha value is -3.00. The molecule has 0 radical (unpaired) electrons. The fraction of sp³-hybridized carbons (Fsp3) is 0.286. The van der Waals surface area contributed by atoms with Gasteiger partial charge in [-0.3, -0.25) is 4.79 Å². The number of thiophene rings is 1. The van der Waals surface area contributed by atoms with E-state index in [1.165, 1.54) is 23.5 Å². The number of aromatic nitrogens is 4. The van der Waals surface area contributed by atoms with Crippen LogP contribution < -0.4 is 5.32 Å². The van der Waals surface area contributed by atoms with Crippen molar-refractivity contribution in [2.24, 2.45) is 0 Å². The van der Waals surface area contributed by atoms with Gasteiger partial charge in [-0.2, -0.15) is 10.2 Å². The first-order chi connectivity index (χ1) is 13.6. The number of rotatable bonds is 3. The smallest absolute Gasteiger partial charge is 0.266 e. The molecule has 1 amide bonds. The maximum Gasteiger partial charge on any atom is 0.266 e. The second-order valence-electron chi connectivity index (χ2n) is 8.01. The van der Waals surface area contributed by atoms with Crippen LogP contribution in [0.2, 0.25) is 0 Å². The van der Waals surface area contributed by atoms with Crippen LogP contribution in [-0.4, -0.2) is 25.5 Å². The highest BCUT2D eigenvalue weighted by atomic mass is 32.1. The highest BCUT2D eigenvalue weighted by Gasteiger charge is 2.22. The first kappa shape index (κ1) is 19.3. The van der Waals surface area contributed by atoms with E-state index in [1.807, 2.05) is 51.4 Å². The van der Waals surface area contributed by atoms with Gasteiger partial charge in [-0.05, 0) is 65.0 Å². The molecule has 0 fully saturated rings. The number of carbonyl (C=O) groups excluding carboxylic acids is 1. The number of nitrogens with one attached hydrogen (secondary N) is 1. The van der Waals surface area contributed by atoms with Gasteiger partial charge in [0.1, 0.15) is 16.5 Å². The summed E-state index contributed by atoms with van der Waals surface area (Å²) in [5.41, 5.74) is 2.15. The summed E-state index contributed by atoms with van der Waals surface area (Å²) in [4.78, 5) is 14.4. The van der Waals surface area contributed by atoms with E-state index < -0.39 is 0 Å². The monoisotopic (exact) mass is 411 g/mol. The lowest BCUT2D eigenvalue weighted by molar-refractivity contribution is 0.102. The molecule has 1 N–H and O–H groups in total. The normalized spacial score (nSPS) is 11.9. The molecule has 150 valence electrons. The van der Waals surface area contributed by atoms with Crippen LogP contribution in [0.5, 0.6) is 0 Å². The second-order valence-corrected chi connectivity index (χ2v) is 9.04. The summed E-state index contributed by atoms with van der Waals surface area (Å²) in [5.74, 6) is 0.168. The molecule has 6 nitrogen and oxygen atoms in total. The number of nitrogens with zero attached hydrogens (tertiary/aromatic N) is 4. The first-order valence-corrected chi connectivity index (χ1v) is 10.1. The van der Waals surface area contributed by atoms with Crippen molar-refractivity contribution >= 4 is 33.3 Å². The van der Waals surface area contributed by atoms with Gasteiger partial charge in [0.15, 0.2) is 0 Å². The lowest BCUT2D eigenvalue weighted by Gasteiger charge is -2.22. The number of aryl methyl sites for hydroxylation is 2. The largest absolute Gasteiger partial charge is 0.306 e. The van der Waals surface area contributed by atoms with Crippen molar-refractivity contribution < 1.29 is 9.18 Å². The standard InChI is InChI=1S/C21H22FN5OS/c1-12-10-18(27(24-12)21(3,4)5)23-19(28)17-11-16-13(2)25-26(20(16)29-17)15-8-6-14(22)7-9-15/h6-11H,1-5H3,(H,23,28). The molecule has 1 aromatic carbocycles. The molecule has 0 aliphatic rings. The maximum atomic E-state index is 13.3. The van der Waals surface area contributed by atoms with E-state index in [2.05, 4.69) is 15.5 Å². The second kappa shape index (κ2) is 6.81. The van der Waals surface area contributed by atoms with Gasteiger partial charge in [0.2, 0.25) is 0 Å². The van der Waals surface area contributed by atoms with Gasteiger partial charge >= 0.3 is 0 Å². The first-order valence-electron chi connectivity index (χ1n) is 9.27. The van der Waals surface area contributed by atoms with E-state index in [0.717, 1.165) is 27.3 Å². The summed E-state index contributed by atoms with van der Waals surface area (Å²) in [6.07, 6.45) is 0. The van der Waals surface area contributed by atoms with Crippen molar-refractivity contribution in [3.63, 3.8) is 0 Å². The Morgan fingerprint density at radius 1 is 1.10 bits per heavy atom. The topological polar surface area (TPSA) is 64.7 Å². The van der Waals surface area contributed by atoms with E-state index >= 15 is 0 Å². The summed E-state index contributed by atoms with van der Waals surface area (Å²) in [7, 11) is 0. The van der Waals surface area contributed by atoms with Crippen LogP contribution in [0.15, 0.2) is 36.4 Å². The number of hydrogen-bond donors (Lipinski definition) is 1. The Morgan fingerprint density at radius 2 is 1.79 bits per heavy atom. The molecular formula is C21H22FN5OS. The van der Waals surface area contributed by atoms with Crippen molar-refractivity contribution in [2.75, 3.05) is 5.32 Å². The Balaban J connectivity index is 1.70. The number of fused-ring (bicyclic) bond motifs is 1. The van der Waals surface area contributed by atoms with Crippen molar-refractivity contribution in [3.05, 3.63) is 58.5 Å². The van der Waals surface area contributed by atoms with E-state index in [0.29, 0.717) is 10.7 Å². The number of hydrogen-bond acceptors (Lipinski definition) is 4. The third kappa shape index (κ3) is 3.55. The Bertz CT molecular complexity index is 1210. The predicted octanol–water partition coefficient (Wildman–Crippen LogP) is 5.05. The fourth-order valence-corrected chi connectivity index (χ4v) is 4.27. The fourth-order valence-electron chi connectivity index (χ4n) is 3.19. The zero-order valence-electron chi connectivity index (χ0n) is 16.9. The van der Waals surface area contributed by atoms with Gasteiger partial charge in [0.25, 0.3) is 5.91 Å². The molecule has 0 saturated heterocycles. The summed E-state index contributed by atoms with van der Waals surface area (Å²) < 4.78 is 16.8. The van der Waals surface area contributed by atoms with E-state index in [-0.39, 0.29) is 17.3 Å². The number of benzene rings is 1. The molecule has 3 heterocycles. The number of anilines is 1. The molecule has 4 aromatic rings. The van der Waals surface area contributed by atoms with Crippen LogP contribution in [0.25, 0.3) is 15.9 Å². The van der Waals surface area contributed by atoms with Crippen LogP contribution in [0.3, 0.4) is 0 Å². The van der Waals surface area contributed by atoms with E-state index in [4.69, 9.17) is 0 Å². The van der Waals surface area contributed by atoms with Gasteiger partial charge in [-0.1, -0.05) is 0 Å². The number of amides is 1. The van der Waals surface area contributed by atoms with Crippen molar-refractivity contribution in [1.82, 2.24) is 19.6 Å². The van der Waals surface area contributed by atoms with Gasteiger partial charge < -0.3 is 5.32 Å². The van der Waals surface area contributed by atoms with E-state index in [1.54, 1.807) is 16.8 Å². The molecule has 0 bridgehead atoms. The van der Waals surface area contributed by atoms with E-state index in [9.17, 15) is 9.18 Å². The maximum absolute atomic E-state index is 13.3. The summed E-state index contributed by atoms with van der Waals surface area (Å²) in [6.45, 7) is 9.91. The highest BCUT2D eigenvalue weighted by Crippen LogP contribution is 2.31. The lowest BCUT2D eigenvalue weighted by atomic mass is 10.1. The van der Waals surface area contributed by atoms with Crippen LogP contribution in [0, 0.1) is 19.7 Å². The highest BCUT2D eigenvalue weighted by molar-refractivity contribution is 7.20. The van der Waals surface area contributed by atoms with Crippen molar-refractivity contribution in [1.29, 1.82) is 0 Å². The predicted molar refractivity (Wildman–Crippen MR) is 114 cm³/mol. The van der Waals surface area contributed by atoms with Crippen LogP contribution in [0.4, 0.5) is 10.2 Å². The average molecular weight is 412 g/mol. The third-order valence-corrected chi connectivity index (χ3v) is 5.66. The Kier molecular flexibility index (Phi) is 4.53. The third-order valence-electron chi connectivity index (χ3n) is 4.55. The van der Waals surface area contributed by atoms with Crippen LogP contribution >= 0.6 is 11.3 Å². The molecule has 8 heteroatoms. The summed E-state index contributed by atoms with van der Waals surface area (Å²) in [5, 5.41) is 12.9. The Morgan fingerprint density at radius 3 is 2.45 bits per heavy atom. The van der Waals surface area contributed by atoms with Gasteiger partial charge in [-0.25, -0.2) is 13.8 Å². The van der Waals surface area contributed by atoms with Crippen LogP contribution in [0.1, 0.15) is 41.8 Å². The number of carbonyl (C=O) groups is 1. The van der Waals surface area contributed by atoms with Gasteiger partial charge in [0, 0.05) is 11.5 Å². The minimum Gasteiger partial charge on any atom is -0.306 e. The molecule has 29 heavy (non-hydrogen) atoms. The molecule has 3 aromatic heterocycles. The number of halogens is 1. The quantitative estimate of drug-likeness (QED) is 0.513. The summed E-state index contributed by atoms with van der Waals surface area (Å²) >= 11 is 1.36. The molecule has 0 saturated carbocycles. The SMILES string of the molecule is Cc1cc(NC(=O)c2cc3c(C)nn(-c4ccc(F)cc4)c3s2)n(C(C)(C)C)n1. The van der Waals surface area contributed by atoms with Gasteiger partial charge in [0.05, 0.1) is 27.5 Å². The van der Waals surface area contributed by atoms with Gasteiger partial charge in [-0.15, -0.1) is 11.3 Å². The van der Waals surface area contributed by atoms with Crippen molar-refractivity contribution in [2.45, 2.75) is 40.2 Å². The molecule has 4 rings (SSSR count). The molecule has 0 aliphatic carbocycles. The molecule has 0 spiro atoms. The molecule has 0 atom stereocenters. The zero-order valence-corrected chi connectivity index (χ0v) is 17.8. The lowest BCUT2D eigenvalue weighted by Crippen LogP contribution is -2.26. The molecular weight excluding hydrogens is 389 g/mol.